The van der Waals surface area contributed by atoms with E-state index in [4.69, 9.17) is 14.8 Å². The van der Waals surface area contributed by atoms with E-state index in [1.807, 2.05) is 47.4 Å². The van der Waals surface area contributed by atoms with Crippen LogP contribution in [0.2, 0.25) is 0 Å². The van der Waals surface area contributed by atoms with Crippen molar-refractivity contribution in [2.45, 2.75) is 25.7 Å². The lowest BCUT2D eigenvalue weighted by atomic mass is 10.1. The van der Waals surface area contributed by atoms with Crippen LogP contribution in [-0.4, -0.2) is 73.9 Å². The standard InChI is InChI=1S/C26H31N6O2S/c1-35(2)13-12-34-18-32-24-16-28-23(19-6-4-10-27-15-19)14-21(24)26(30-32)22-8-3-9-25(29-22)31-11-5-7-20(33)17-31/h3-4,6,8-10,14-16,20,33H,5,7,11-13,17-18H2,1-2H3/q+1/t20-/m0/s1. The van der Waals surface area contributed by atoms with Gasteiger partial charge in [-0.2, -0.15) is 5.10 Å². The molecule has 1 N–H and O–H groups in total. The van der Waals surface area contributed by atoms with Gasteiger partial charge in [0.25, 0.3) is 0 Å². The molecule has 0 radical (unpaired) electrons. The van der Waals surface area contributed by atoms with Crippen molar-refractivity contribution < 1.29 is 9.84 Å². The molecule has 1 saturated heterocycles. The summed E-state index contributed by atoms with van der Waals surface area (Å²) in [6.45, 7) is 2.55. The fourth-order valence-corrected chi connectivity index (χ4v) is 4.75. The van der Waals surface area contributed by atoms with Crippen molar-refractivity contribution >= 4 is 27.6 Å². The first kappa shape index (κ1) is 23.7. The Balaban J connectivity index is 1.53. The molecule has 5 rings (SSSR count). The number of rotatable bonds is 8. The molecule has 35 heavy (non-hydrogen) atoms. The van der Waals surface area contributed by atoms with Gasteiger partial charge >= 0.3 is 0 Å². The maximum atomic E-state index is 10.1. The summed E-state index contributed by atoms with van der Waals surface area (Å²) >= 11 is 0. The molecule has 1 atom stereocenters. The van der Waals surface area contributed by atoms with Crippen LogP contribution < -0.4 is 4.90 Å². The number of aliphatic hydroxyl groups is 1. The second-order valence-corrected chi connectivity index (χ2v) is 11.4. The maximum absolute atomic E-state index is 10.1. The number of hydrogen-bond acceptors (Lipinski definition) is 7. The monoisotopic (exact) mass is 491 g/mol. The van der Waals surface area contributed by atoms with Gasteiger partial charge < -0.3 is 14.7 Å². The minimum absolute atomic E-state index is 0.314. The van der Waals surface area contributed by atoms with Crippen molar-refractivity contribution in [3.05, 3.63) is 55.0 Å². The Hall–Kier alpha value is -3.01. The molecule has 1 fully saturated rings. The average Bonchev–Trinajstić information content (AvgIpc) is 3.25. The van der Waals surface area contributed by atoms with E-state index in [1.165, 1.54) is 0 Å². The zero-order valence-corrected chi connectivity index (χ0v) is 21.0. The highest BCUT2D eigenvalue weighted by molar-refractivity contribution is 7.95. The molecule has 9 heteroatoms. The number of fused-ring (bicyclic) bond motifs is 1. The molecular weight excluding hydrogens is 460 g/mol. The van der Waals surface area contributed by atoms with E-state index in [9.17, 15) is 5.11 Å². The molecule has 0 aliphatic carbocycles. The van der Waals surface area contributed by atoms with Crippen molar-refractivity contribution in [1.29, 1.82) is 0 Å². The van der Waals surface area contributed by atoms with Crippen LogP contribution >= 0.6 is 0 Å². The zero-order valence-electron chi connectivity index (χ0n) is 20.2. The first-order chi connectivity index (χ1) is 17.1. The fraction of sp³-hybridized carbons (Fsp3) is 0.385. The van der Waals surface area contributed by atoms with Crippen molar-refractivity contribution in [3.8, 4) is 22.6 Å². The Morgan fingerprint density at radius 3 is 2.86 bits per heavy atom. The summed E-state index contributed by atoms with van der Waals surface area (Å²) in [6, 6.07) is 12.0. The first-order valence-corrected chi connectivity index (χ1v) is 14.1. The van der Waals surface area contributed by atoms with Crippen molar-refractivity contribution in [3.63, 3.8) is 0 Å². The summed E-state index contributed by atoms with van der Waals surface area (Å²) in [5, 5.41) is 16.0. The third-order valence-corrected chi connectivity index (χ3v) is 7.12. The molecule has 4 aromatic heterocycles. The van der Waals surface area contributed by atoms with Crippen LogP contribution in [0.15, 0.2) is 55.0 Å². The number of aromatic nitrogens is 5. The fourth-order valence-electron chi connectivity index (χ4n) is 4.30. The maximum Gasteiger partial charge on any atom is 0.140 e. The first-order valence-electron chi connectivity index (χ1n) is 11.9. The highest BCUT2D eigenvalue weighted by Gasteiger charge is 2.21. The molecule has 0 bridgehead atoms. The predicted molar refractivity (Wildman–Crippen MR) is 141 cm³/mol. The molecule has 5 heterocycles. The third-order valence-electron chi connectivity index (χ3n) is 6.14. The number of anilines is 1. The van der Waals surface area contributed by atoms with Crippen LogP contribution in [0.1, 0.15) is 12.8 Å². The molecule has 0 aromatic carbocycles. The van der Waals surface area contributed by atoms with E-state index in [1.54, 1.807) is 6.20 Å². The van der Waals surface area contributed by atoms with E-state index < -0.39 is 0 Å². The zero-order chi connectivity index (χ0) is 24.2. The van der Waals surface area contributed by atoms with E-state index in [0.29, 0.717) is 30.8 Å². The molecule has 0 saturated carbocycles. The Kier molecular flexibility index (Phi) is 7.26. The van der Waals surface area contributed by atoms with Crippen LogP contribution in [0, 0.1) is 0 Å². The Morgan fingerprint density at radius 1 is 1.14 bits per heavy atom. The van der Waals surface area contributed by atoms with Gasteiger partial charge in [0.2, 0.25) is 0 Å². The number of nitrogens with zero attached hydrogens (tertiary/aromatic N) is 6. The lowest BCUT2D eigenvalue weighted by Crippen LogP contribution is -2.38. The number of piperidine rings is 1. The van der Waals surface area contributed by atoms with Gasteiger partial charge in [0, 0.05) is 36.4 Å². The molecule has 0 unspecified atom stereocenters. The number of ether oxygens (including phenoxy) is 1. The molecule has 1 aliphatic rings. The van der Waals surface area contributed by atoms with Gasteiger partial charge in [0.1, 0.15) is 24.0 Å². The predicted octanol–water partition coefficient (Wildman–Crippen LogP) is 3.37. The van der Waals surface area contributed by atoms with Crippen LogP contribution in [0.3, 0.4) is 0 Å². The summed E-state index contributed by atoms with van der Waals surface area (Å²) in [5.41, 5.74) is 4.27. The van der Waals surface area contributed by atoms with Gasteiger partial charge in [0.05, 0.1) is 48.3 Å². The third kappa shape index (κ3) is 5.47. The summed E-state index contributed by atoms with van der Waals surface area (Å²) < 4.78 is 7.81. The molecule has 1 aliphatic heterocycles. The van der Waals surface area contributed by atoms with Gasteiger partial charge in [-0.1, -0.05) is 6.07 Å². The van der Waals surface area contributed by atoms with Gasteiger partial charge in [-0.3, -0.25) is 9.97 Å². The van der Waals surface area contributed by atoms with Crippen molar-refractivity contribution in [2.75, 3.05) is 42.9 Å². The number of hydrogen-bond donors (Lipinski definition) is 1. The van der Waals surface area contributed by atoms with E-state index >= 15 is 0 Å². The molecule has 8 nitrogen and oxygen atoms in total. The van der Waals surface area contributed by atoms with Crippen molar-refractivity contribution in [1.82, 2.24) is 24.7 Å². The molecule has 0 spiro atoms. The molecule has 0 amide bonds. The number of pyridine rings is 3. The lowest BCUT2D eigenvalue weighted by molar-refractivity contribution is 0.0842. The van der Waals surface area contributed by atoms with Gasteiger partial charge in [-0.25, -0.2) is 9.67 Å². The summed E-state index contributed by atoms with van der Waals surface area (Å²) in [7, 11) is 0.337. The number of aliphatic hydroxyl groups excluding tert-OH is 1. The summed E-state index contributed by atoms with van der Waals surface area (Å²) in [5.74, 6) is 1.89. The molecule has 4 aromatic rings. The average molecular weight is 492 g/mol. The second kappa shape index (κ2) is 10.7. The highest BCUT2D eigenvalue weighted by atomic mass is 32.2. The van der Waals surface area contributed by atoms with Gasteiger partial charge in [-0.05, 0) is 54.1 Å². The minimum Gasteiger partial charge on any atom is -0.391 e. The van der Waals surface area contributed by atoms with Crippen molar-refractivity contribution in [2.24, 2.45) is 0 Å². The van der Waals surface area contributed by atoms with Gasteiger partial charge in [-0.15, -0.1) is 0 Å². The molecular formula is C26H31N6O2S+. The molecule has 182 valence electrons. The Labute approximate surface area is 208 Å². The number of β-amino-alcohol motifs (C(OH)–C–C–N with tert-alkyl or cyclic N) is 1. The smallest absolute Gasteiger partial charge is 0.140 e. The van der Waals surface area contributed by atoms with E-state index in [0.717, 1.165) is 64.5 Å². The summed E-state index contributed by atoms with van der Waals surface area (Å²) in [6.07, 6.45) is 11.3. The van der Waals surface area contributed by atoms with Crippen LogP contribution in [0.4, 0.5) is 5.82 Å². The lowest BCUT2D eigenvalue weighted by Gasteiger charge is -2.31. The SMILES string of the molecule is C[S+](C)CCOCn1nc(-c2cccc(N3CCC[C@H](O)C3)n2)c2cc(-c3cccnc3)ncc21. The highest BCUT2D eigenvalue weighted by Crippen LogP contribution is 2.31. The normalized spacial score (nSPS) is 16.3. The van der Waals surface area contributed by atoms with Gasteiger partial charge in [0.15, 0.2) is 0 Å². The van der Waals surface area contributed by atoms with Crippen LogP contribution in [0.5, 0.6) is 0 Å². The topological polar surface area (TPSA) is 89.2 Å². The largest absolute Gasteiger partial charge is 0.391 e. The summed E-state index contributed by atoms with van der Waals surface area (Å²) in [4.78, 5) is 16.0. The Bertz CT molecular complexity index is 1280. The van der Waals surface area contributed by atoms with Crippen LogP contribution in [0.25, 0.3) is 33.5 Å². The van der Waals surface area contributed by atoms with E-state index in [2.05, 4.69) is 33.4 Å². The second-order valence-electron chi connectivity index (χ2n) is 9.03. The van der Waals surface area contributed by atoms with E-state index in [-0.39, 0.29) is 6.10 Å². The van der Waals surface area contributed by atoms with Crippen LogP contribution in [-0.2, 0) is 22.4 Å². The quantitative estimate of drug-likeness (QED) is 0.299. The Morgan fingerprint density at radius 2 is 2.06 bits per heavy atom. The minimum atomic E-state index is -0.314.